The maximum atomic E-state index is 13.9. The highest BCUT2D eigenvalue weighted by Gasteiger charge is 2.47. The third kappa shape index (κ3) is 8.41. The number of amides is 2. The Morgan fingerprint density at radius 3 is 2.17 bits per heavy atom. The Hall–Kier alpha value is -3.19. The van der Waals surface area contributed by atoms with Gasteiger partial charge in [0, 0.05) is 18.7 Å². The van der Waals surface area contributed by atoms with Crippen molar-refractivity contribution in [2.24, 2.45) is 11.3 Å². The van der Waals surface area contributed by atoms with Crippen LogP contribution in [0.1, 0.15) is 108 Å². The summed E-state index contributed by atoms with van der Waals surface area (Å²) in [6, 6.07) is 15.3. The minimum Gasteiger partial charge on any atom is -0.481 e. The molecular formula is C34H49N3O4. The SMILES string of the molecule is CC(CCC1(C)NC(c2ccc(C(C)(C)C)cc2)C(=O)N1CCc1ccc(C(=O)NCCC(=O)O)cc1)C(C)(C)C. The molecule has 0 saturated carbocycles. The highest BCUT2D eigenvalue weighted by atomic mass is 16.4. The standard InChI is InChI=1S/C34H49N3O4/c1-23(32(2,3)4)17-20-34(8)36-29(25-13-15-27(16-14-25)33(5,6)7)31(41)37(34)22-19-24-9-11-26(12-10-24)30(40)35-21-18-28(38)39/h9-16,23,29,36H,17-22H2,1-8H3,(H,35,40)(H,38,39). The van der Waals surface area contributed by atoms with Crippen LogP contribution < -0.4 is 10.6 Å². The van der Waals surface area contributed by atoms with Crippen molar-refractivity contribution >= 4 is 17.8 Å². The second-order valence-electron chi connectivity index (χ2n) is 13.9. The highest BCUT2D eigenvalue weighted by Crippen LogP contribution is 2.38. The molecule has 1 aliphatic rings. The lowest BCUT2D eigenvalue weighted by Gasteiger charge is -2.37. The average Bonchev–Trinajstić information content (AvgIpc) is 3.14. The van der Waals surface area contributed by atoms with E-state index in [4.69, 9.17) is 5.11 Å². The van der Waals surface area contributed by atoms with E-state index in [0.717, 1.165) is 24.0 Å². The van der Waals surface area contributed by atoms with Crippen LogP contribution in [0.3, 0.4) is 0 Å². The molecule has 0 bridgehead atoms. The van der Waals surface area contributed by atoms with E-state index in [1.165, 1.54) is 5.56 Å². The monoisotopic (exact) mass is 563 g/mol. The van der Waals surface area contributed by atoms with Crippen molar-refractivity contribution < 1.29 is 19.5 Å². The molecule has 41 heavy (non-hydrogen) atoms. The summed E-state index contributed by atoms with van der Waals surface area (Å²) in [6.45, 7) is 18.4. The van der Waals surface area contributed by atoms with Crippen molar-refractivity contribution in [3.63, 3.8) is 0 Å². The third-order valence-corrected chi connectivity index (χ3v) is 8.68. The van der Waals surface area contributed by atoms with Crippen molar-refractivity contribution in [1.82, 2.24) is 15.5 Å². The molecule has 2 aromatic carbocycles. The van der Waals surface area contributed by atoms with Gasteiger partial charge in [-0.1, -0.05) is 84.9 Å². The summed E-state index contributed by atoms with van der Waals surface area (Å²) in [5.74, 6) is -0.653. The van der Waals surface area contributed by atoms with E-state index in [0.29, 0.717) is 24.4 Å². The number of benzene rings is 2. The minimum atomic E-state index is -0.948. The number of rotatable bonds is 11. The number of nitrogens with zero attached hydrogens (tertiary/aromatic N) is 1. The molecule has 1 saturated heterocycles. The zero-order valence-electron chi connectivity index (χ0n) is 26.1. The van der Waals surface area contributed by atoms with Crippen LogP contribution in [0.15, 0.2) is 48.5 Å². The first kappa shape index (κ1) is 32.3. The molecule has 3 rings (SSSR count). The maximum absolute atomic E-state index is 13.9. The zero-order valence-corrected chi connectivity index (χ0v) is 26.1. The fourth-order valence-electron chi connectivity index (χ4n) is 5.19. The number of aliphatic carboxylic acids is 1. The average molecular weight is 564 g/mol. The maximum Gasteiger partial charge on any atom is 0.305 e. The first-order valence-electron chi connectivity index (χ1n) is 14.8. The molecule has 3 unspecified atom stereocenters. The van der Waals surface area contributed by atoms with Crippen molar-refractivity contribution in [1.29, 1.82) is 0 Å². The Kier molecular flexibility index (Phi) is 10.1. The number of hydrogen-bond acceptors (Lipinski definition) is 4. The molecule has 1 aliphatic heterocycles. The fourth-order valence-corrected chi connectivity index (χ4v) is 5.19. The van der Waals surface area contributed by atoms with Crippen molar-refractivity contribution in [2.75, 3.05) is 13.1 Å². The number of carbonyl (C=O) groups excluding carboxylic acids is 2. The van der Waals surface area contributed by atoms with Gasteiger partial charge in [0.05, 0.1) is 12.1 Å². The molecule has 2 aromatic rings. The third-order valence-electron chi connectivity index (χ3n) is 8.68. The van der Waals surface area contributed by atoms with Crippen LogP contribution in [0.25, 0.3) is 0 Å². The topological polar surface area (TPSA) is 98.7 Å². The number of nitrogens with one attached hydrogen (secondary N) is 2. The lowest BCUT2D eigenvalue weighted by Crippen LogP contribution is -2.50. The quantitative estimate of drug-likeness (QED) is 0.308. The molecule has 0 aromatic heterocycles. The molecule has 1 fully saturated rings. The normalized spacial score (nSPS) is 20.2. The Labute approximate surface area is 246 Å². The number of carboxylic acids is 1. The van der Waals surface area contributed by atoms with Gasteiger partial charge in [0.25, 0.3) is 5.91 Å². The summed E-state index contributed by atoms with van der Waals surface area (Å²) in [5.41, 5.74) is 3.50. The first-order valence-corrected chi connectivity index (χ1v) is 14.8. The van der Waals surface area contributed by atoms with Crippen molar-refractivity contribution in [3.05, 3.63) is 70.8 Å². The number of carbonyl (C=O) groups is 3. The van der Waals surface area contributed by atoms with E-state index in [1.54, 1.807) is 12.1 Å². The lowest BCUT2D eigenvalue weighted by molar-refractivity contribution is -0.137. The number of carboxylic acid groups (broad SMARTS) is 1. The highest BCUT2D eigenvalue weighted by molar-refractivity contribution is 5.94. The molecule has 7 nitrogen and oxygen atoms in total. The number of hydrogen-bond donors (Lipinski definition) is 3. The van der Waals surface area contributed by atoms with E-state index in [1.807, 2.05) is 17.0 Å². The van der Waals surface area contributed by atoms with Gasteiger partial charge in [-0.25, -0.2) is 0 Å². The summed E-state index contributed by atoms with van der Waals surface area (Å²) in [6.07, 6.45) is 2.40. The van der Waals surface area contributed by atoms with Crippen molar-refractivity contribution in [2.45, 2.75) is 98.2 Å². The Morgan fingerprint density at radius 2 is 1.63 bits per heavy atom. The van der Waals surface area contributed by atoms with Crippen LogP contribution >= 0.6 is 0 Å². The first-order chi connectivity index (χ1) is 19.0. The summed E-state index contributed by atoms with van der Waals surface area (Å²) >= 11 is 0. The summed E-state index contributed by atoms with van der Waals surface area (Å²) in [5, 5.41) is 15.1. The van der Waals surface area contributed by atoms with Crippen molar-refractivity contribution in [3.8, 4) is 0 Å². The molecular weight excluding hydrogens is 514 g/mol. The van der Waals surface area contributed by atoms with Gasteiger partial charge in [-0.3, -0.25) is 19.7 Å². The van der Waals surface area contributed by atoms with E-state index >= 15 is 0 Å². The molecule has 2 amide bonds. The van der Waals surface area contributed by atoms with Gasteiger partial charge < -0.3 is 15.3 Å². The van der Waals surface area contributed by atoms with Gasteiger partial charge in [0.1, 0.15) is 6.04 Å². The van der Waals surface area contributed by atoms with Crippen LogP contribution in [0.2, 0.25) is 0 Å². The van der Waals surface area contributed by atoms with Crippen LogP contribution in [-0.4, -0.2) is 46.5 Å². The second kappa shape index (κ2) is 12.8. The van der Waals surface area contributed by atoms with Gasteiger partial charge in [-0.2, -0.15) is 0 Å². The second-order valence-corrected chi connectivity index (χ2v) is 13.9. The molecule has 0 radical (unpaired) electrons. The molecule has 0 spiro atoms. The Bertz CT molecular complexity index is 1210. The molecule has 0 aliphatic carbocycles. The van der Waals surface area contributed by atoms with Gasteiger partial charge in [0.15, 0.2) is 0 Å². The molecule has 7 heteroatoms. The largest absolute Gasteiger partial charge is 0.481 e. The molecule has 224 valence electrons. The minimum absolute atomic E-state index is 0.0456. The summed E-state index contributed by atoms with van der Waals surface area (Å²) in [4.78, 5) is 38.9. The summed E-state index contributed by atoms with van der Waals surface area (Å²) < 4.78 is 0. The van der Waals surface area contributed by atoms with Gasteiger partial charge in [0.2, 0.25) is 5.91 Å². The van der Waals surface area contributed by atoms with E-state index in [2.05, 4.69) is 90.3 Å². The van der Waals surface area contributed by atoms with Gasteiger partial charge in [-0.15, -0.1) is 0 Å². The smallest absolute Gasteiger partial charge is 0.305 e. The Balaban J connectivity index is 1.76. The summed E-state index contributed by atoms with van der Waals surface area (Å²) in [7, 11) is 0. The van der Waals surface area contributed by atoms with Crippen LogP contribution in [0.5, 0.6) is 0 Å². The van der Waals surface area contributed by atoms with E-state index in [9.17, 15) is 14.4 Å². The molecule has 3 atom stereocenters. The van der Waals surface area contributed by atoms with Gasteiger partial charge >= 0.3 is 5.97 Å². The predicted molar refractivity (Wildman–Crippen MR) is 164 cm³/mol. The fraction of sp³-hybridized carbons (Fsp3) is 0.559. The van der Waals surface area contributed by atoms with Crippen LogP contribution in [0.4, 0.5) is 0 Å². The van der Waals surface area contributed by atoms with Gasteiger partial charge in [-0.05, 0) is 71.8 Å². The molecule has 3 N–H and O–H groups in total. The van der Waals surface area contributed by atoms with E-state index in [-0.39, 0.29) is 35.6 Å². The van der Waals surface area contributed by atoms with Crippen LogP contribution in [-0.2, 0) is 21.4 Å². The Morgan fingerprint density at radius 1 is 1.02 bits per heavy atom. The molecule has 1 heterocycles. The van der Waals surface area contributed by atoms with E-state index < -0.39 is 17.7 Å². The van der Waals surface area contributed by atoms with Crippen LogP contribution in [0, 0.1) is 11.3 Å². The lowest BCUT2D eigenvalue weighted by atomic mass is 9.78. The predicted octanol–water partition coefficient (Wildman–Crippen LogP) is 6.08. The zero-order chi connectivity index (χ0) is 30.6.